The van der Waals surface area contributed by atoms with Crippen LogP contribution in [0.15, 0.2) is 18.2 Å². The first kappa shape index (κ1) is 15.9. The number of piperidine rings is 1. The molecular formula is C16H22F2N2O. The van der Waals surface area contributed by atoms with Gasteiger partial charge in [0.2, 0.25) is 5.91 Å². The van der Waals surface area contributed by atoms with Crippen LogP contribution in [0, 0.1) is 11.6 Å². The van der Waals surface area contributed by atoms with Gasteiger partial charge in [-0.05, 0) is 50.6 Å². The zero-order valence-electron chi connectivity index (χ0n) is 12.4. The Morgan fingerprint density at radius 1 is 1.33 bits per heavy atom. The van der Waals surface area contributed by atoms with Crippen molar-refractivity contribution in [1.82, 2.24) is 10.2 Å². The SMILES string of the molecule is CCCN(C(=O)Cc1cc(F)ccc1F)C1CCNCC1. The fraction of sp³-hybridized carbons (Fsp3) is 0.562. The summed E-state index contributed by atoms with van der Waals surface area (Å²) in [6.45, 7) is 4.48. The Morgan fingerprint density at radius 3 is 2.71 bits per heavy atom. The molecule has 1 aromatic carbocycles. The van der Waals surface area contributed by atoms with Gasteiger partial charge >= 0.3 is 0 Å². The van der Waals surface area contributed by atoms with Crippen LogP contribution in [-0.2, 0) is 11.2 Å². The number of halogens is 2. The van der Waals surface area contributed by atoms with Gasteiger partial charge in [0.25, 0.3) is 0 Å². The van der Waals surface area contributed by atoms with E-state index in [0.717, 1.165) is 50.6 Å². The summed E-state index contributed by atoms with van der Waals surface area (Å²) in [5.41, 5.74) is 0.134. The van der Waals surface area contributed by atoms with Gasteiger partial charge in [-0.15, -0.1) is 0 Å². The quantitative estimate of drug-likeness (QED) is 0.905. The third kappa shape index (κ3) is 4.24. The van der Waals surface area contributed by atoms with Gasteiger partial charge in [-0.1, -0.05) is 6.92 Å². The van der Waals surface area contributed by atoms with Crippen LogP contribution in [0.5, 0.6) is 0 Å². The van der Waals surface area contributed by atoms with Crippen molar-refractivity contribution in [2.45, 2.75) is 38.6 Å². The second-order valence-electron chi connectivity index (χ2n) is 5.48. The summed E-state index contributed by atoms with van der Waals surface area (Å²) < 4.78 is 26.9. The highest BCUT2D eigenvalue weighted by Gasteiger charge is 2.25. The Hall–Kier alpha value is -1.49. The Bertz CT molecular complexity index is 487. The van der Waals surface area contributed by atoms with E-state index in [1.54, 1.807) is 0 Å². The van der Waals surface area contributed by atoms with Crippen LogP contribution in [0.1, 0.15) is 31.7 Å². The molecule has 1 aliphatic rings. The number of amides is 1. The molecule has 2 rings (SSSR count). The minimum atomic E-state index is -0.522. The third-order valence-corrected chi connectivity index (χ3v) is 3.88. The first-order valence-corrected chi connectivity index (χ1v) is 7.56. The lowest BCUT2D eigenvalue weighted by Crippen LogP contribution is -2.47. The predicted molar refractivity (Wildman–Crippen MR) is 78.0 cm³/mol. The summed E-state index contributed by atoms with van der Waals surface area (Å²) in [5, 5.41) is 3.27. The predicted octanol–water partition coefficient (Wildman–Crippen LogP) is 2.50. The summed E-state index contributed by atoms with van der Waals surface area (Å²) in [5.74, 6) is -1.15. The lowest BCUT2D eigenvalue weighted by Gasteiger charge is -2.34. The number of benzene rings is 1. The molecule has 0 atom stereocenters. The van der Waals surface area contributed by atoms with E-state index in [0.29, 0.717) is 6.54 Å². The van der Waals surface area contributed by atoms with Gasteiger partial charge < -0.3 is 10.2 Å². The third-order valence-electron chi connectivity index (χ3n) is 3.88. The number of rotatable bonds is 5. The van der Waals surface area contributed by atoms with Gasteiger partial charge in [-0.25, -0.2) is 8.78 Å². The molecule has 0 radical (unpaired) electrons. The molecule has 1 aliphatic heterocycles. The summed E-state index contributed by atoms with van der Waals surface area (Å²) in [6, 6.07) is 3.46. The van der Waals surface area contributed by atoms with Crippen LogP contribution in [0.4, 0.5) is 8.78 Å². The molecule has 3 nitrogen and oxygen atoms in total. The number of carbonyl (C=O) groups excluding carboxylic acids is 1. The molecule has 0 spiro atoms. The summed E-state index contributed by atoms with van der Waals surface area (Å²) in [7, 11) is 0. The molecule has 1 amide bonds. The molecule has 0 bridgehead atoms. The topological polar surface area (TPSA) is 32.3 Å². The van der Waals surface area contributed by atoms with Crippen LogP contribution < -0.4 is 5.32 Å². The second-order valence-corrected chi connectivity index (χ2v) is 5.48. The summed E-state index contributed by atoms with van der Waals surface area (Å²) in [4.78, 5) is 14.3. The fourth-order valence-corrected chi connectivity index (χ4v) is 2.81. The van der Waals surface area contributed by atoms with Crippen LogP contribution >= 0.6 is 0 Å². The van der Waals surface area contributed by atoms with Crippen molar-refractivity contribution in [2.75, 3.05) is 19.6 Å². The van der Waals surface area contributed by atoms with Gasteiger partial charge in [-0.3, -0.25) is 4.79 Å². The van der Waals surface area contributed by atoms with Crippen molar-refractivity contribution in [3.05, 3.63) is 35.4 Å². The van der Waals surface area contributed by atoms with Crippen molar-refractivity contribution in [3.63, 3.8) is 0 Å². The van der Waals surface area contributed by atoms with Gasteiger partial charge in [0.15, 0.2) is 0 Å². The number of hydrogen-bond acceptors (Lipinski definition) is 2. The highest BCUT2D eigenvalue weighted by molar-refractivity contribution is 5.79. The van der Waals surface area contributed by atoms with Crippen molar-refractivity contribution >= 4 is 5.91 Å². The first-order valence-electron chi connectivity index (χ1n) is 7.56. The molecule has 1 N–H and O–H groups in total. The minimum absolute atomic E-state index is 0.0759. The highest BCUT2D eigenvalue weighted by atomic mass is 19.1. The van der Waals surface area contributed by atoms with E-state index in [1.165, 1.54) is 0 Å². The second kappa shape index (κ2) is 7.50. The van der Waals surface area contributed by atoms with Crippen molar-refractivity contribution in [3.8, 4) is 0 Å². The average Bonchev–Trinajstić information content (AvgIpc) is 2.49. The number of nitrogens with one attached hydrogen (secondary N) is 1. The molecule has 1 aromatic rings. The minimum Gasteiger partial charge on any atom is -0.339 e. The van der Waals surface area contributed by atoms with Crippen LogP contribution in [0.2, 0.25) is 0 Å². The molecule has 0 aliphatic carbocycles. The largest absolute Gasteiger partial charge is 0.339 e. The van der Waals surface area contributed by atoms with Crippen molar-refractivity contribution in [2.24, 2.45) is 0 Å². The average molecular weight is 296 g/mol. The molecule has 1 heterocycles. The molecule has 0 unspecified atom stereocenters. The van der Waals surface area contributed by atoms with E-state index in [4.69, 9.17) is 0 Å². The van der Waals surface area contributed by atoms with E-state index < -0.39 is 11.6 Å². The standard InChI is InChI=1S/C16H22F2N2O/c1-2-9-20(14-5-7-19-8-6-14)16(21)11-12-10-13(17)3-4-15(12)18/h3-4,10,14,19H,2,5-9,11H2,1H3. The van der Waals surface area contributed by atoms with Crippen LogP contribution in [0.3, 0.4) is 0 Å². The molecule has 116 valence electrons. The van der Waals surface area contributed by atoms with Crippen LogP contribution in [-0.4, -0.2) is 36.5 Å². The maximum absolute atomic E-state index is 13.7. The Labute approximate surface area is 124 Å². The lowest BCUT2D eigenvalue weighted by molar-refractivity contribution is -0.133. The van der Waals surface area contributed by atoms with Gasteiger partial charge in [0, 0.05) is 18.2 Å². The Balaban J connectivity index is 2.08. The van der Waals surface area contributed by atoms with Crippen molar-refractivity contribution in [1.29, 1.82) is 0 Å². The molecule has 21 heavy (non-hydrogen) atoms. The first-order chi connectivity index (χ1) is 10.1. The number of carbonyl (C=O) groups is 1. The van der Waals surface area contributed by atoms with E-state index in [2.05, 4.69) is 5.32 Å². The van der Waals surface area contributed by atoms with Crippen LogP contribution in [0.25, 0.3) is 0 Å². The smallest absolute Gasteiger partial charge is 0.227 e. The molecular weight excluding hydrogens is 274 g/mol. The lowest BCUT2D eigenvalue weighted by atomic mass is 10.0. The maximum Gasteiger partial charge on any atom is 0.227 e. The molecule has 0 aromatic heterocycles. The van der Waals surface area contributed by atoms with Gasteiger partial charge in [0.05, 0.1) is 6.42 Å². The van der Waals surface area contributed by atoms with Gasteiger partial charge in [-0.2, -0.15) is 0 Å². The maximum atomic E-state index is 13.7. The summed E-state index contributed by atoms with van der Waals surface area (Å²) >= 11 is 0. The number of hydrogen-bond donors (Lipinski definition) is 1. The monoisotopic (exact) mass is 296 g/mol. The van der Waals surface area contributed by atoms with E-state index >= 15 is 0 Å². The molecule has 0 saturated carbocycles. The Kier molecular flexibility index (Phi) is 5.67. The zero-order chi connectivity index (χ0) is 15.2. The molecule has 1 fully saturated rings. The number of nitrogens with zero attached hydrogens (tertiary/aromatic N) is 1. The van der Waals surface area contributed by atoms with E-state index in [9.17, 15) is 13.6 Å². The molecule has 5 heteroatoms. The fourth-order valence-electron chi connectivity index (χ4n) is 2.81. The van der Waals surface area contributed by atoms with E-state index in [-0.39, 0.29) is 23.9 Å². The van der Waals surface area contributed by atoms with Gasteiger partial charge in [0.1, 0.15) is 11.6 Å². The van der Waals surface area contributed by atoms with E-state index in [1.807, 2.05) is 11.8 Å². The Morgan fingerprint density at radius 2 is 2.05 bits per heavy atom. The highest BCUT2D eigenvalue weighted by Crippen LogP contribution is 2.16. The zero-order valence-corrected chi connectivity index (χ0v) is 12.4. The molecule has 1 saturated heterocycles. The normalized spacial score (nSPS) is 16.0. The summed E-state index contributed by atoms with van der Waals surface area (Å²) in [6.07, 6.45) is 2.61. The van der Waals surface area contributed by atoms with Crippen molar-refractivity contribution < 1.29 is 13.6 Å².